The van der Waals surface area contributed by atoms with Crippen LogP contribution in [0, 0.1) is 13.8 Å². The molecular formula is C14H16BrClN2S. The minimum Gasteiger partial charge on any atom is -0.305 e. The van der Waals surface area contributed by atoms with Crippen LogP contribution < -0.4 is 5.32 Å². The fourth-order valence-electron chi connectivity index (χ4n) is 1.89. The van der Waals surface area contributed by atoms with E-state index >= 15 is 0 Å². The number of thiazole rings is 1. The summed E-state index contributed by atoms with van der Waals surface area (Å²) in [7, 11) is 0. The number of benzene rings is 1. The third-order valence-electron chi connectivity index (χ3n) is 2.97. The van der Waals surface area contributed by atoms with Crippen molar-refractivity contribution in [3.63, 3.8) is 0 Å². The van der Waals surface area contributed by atoms with Gasteiger partial charge in [-0.25, -0.2) is 4.98 Å². The summed E-state index contributed by atoms with van der Waals surface area (Å²) >= 11 is 11.3. The summed E-state index contributed by atoms with van der Waals surface area (Å²) in [6.45, 7) is 7.15. The lowest BCUT2D eigenvalue weighted by Crippen LogP contribution is -2.22. The molecule has 0 fully saturated rings. The summed E-state index contributed by atoms with van der Waals surface area (Å²) in [6, 6.07) is 5.99. The molecule has 2 aromatic rings. The monoisotopic (exact) mass is 358 g/mol. The molecule has 102 valence electrons. The van der Waals surface area contributed by atoms with E-state index in [-0.39, 0.29) is 6.04 Å². The lowest BCUT2D eigenvalue weighted by atomic mass is 10.1. The van der Waals surface area contributed by atoms with Gasteiger partial charge in [-0.3, -0.25) is 0 Å². The molecule has 2 nitrogen and oxygen atoms in total. The van der Waals surface area contributed by atoms with E-state index in [4.69, 9.17) is 11.6 Å². The highest BCUT2D eigenvalue weighted by Gasteiger charge is 2.20. The Morgan fingerprint density at radius 1 is 1.42 bits per heavy atom. The van der Waals surface area contributed by atoms with Crippen molar-refractivity contribution in [3.05, 3.63) is 48.8 Å². The molecule has 1 unspecified atom stereocenters. The molecule has 0 saturated carbocycles. The van der Waals surface area contributed by atoms with Crippen molar-refractivity contribution in [2.45, 2.75) is 26.8 Å². The maximum atomic E-state index is 6.01. The Hall–Kier alpha value is -0.420. The second-order valence-corrected chi connectivity index (χ2v) is 6.88. The van der Waals surface area contributed by atoms with Gasteiger partial charge in [0.05, 0.1) is 11.7 Å². The lowest BCUT2D eigenvalue weighted by Gasteiger charge is -2.17. The average molecular weight is 360 g/mol. The SMILES string of the molecule is CCNC(c1nc(C)c(C)s1)c1ccc(Cl)cc1Br. The van der Waals surface area contributed by atoms with Crippen LogP contribution >= 0.6 is 38.9 Å². The Bertz CT molecular complexity index is 563. The fraction of sp³-hybridized carbons (Fsp3) is 0.357. The highest BCUT2D eigenvalue weighted by atomic mass is 79.9. The van der Waals surface area contributed by atoms with Crippen molar-refractivity contribution in [3.8, 4) is 0 Å². The van der Waals surface area contributed by atoms with Gasteiger partial charge in [-0.15, -0.1) is 11.3 Å². The highest BCUT2D eigenvalue weighted by molar-refractivity contribution is 9.10. The van der Waals surface area contributed by atoms with E-state index in [0.29, 0.717) is 0 Å². The van der Waals surface area contributed by atoms with E-state index < -0.39 is 0 Å². The number of hydrogen-bond donors (Lipinski definition) is 1. The minimum atomic E-state index is 0.106. The smallest absolute Gasteiger partial charge is 0.115 e. The summed E-state index contributed by atoms with van der Waals surface area (Å²) in [5, 5.41) is 5.32. The molecule has 0 saturated heterocycles. The third-order valence-corrected chi connectivity index (χ3v) is 5.03. The number of hydrogen-bond acceptors (Lipinski definition) is 3. The molecule has 1 heterocycles. The zero-order chi connectivity index (χ0) is 14.0. The topological polar surface area (TPSA) is 24.9 Å². The summed E-state index contributed by atoms with van der Waals surface area (Å²) in [5.41, 5.74) is 2.27. The Morgan fingerprint density at radius 2 is 2.16 bits per heavy atom. The van der Waals surface area contributed by atoms with Crippen molar-refractivity contribution >= 4 is 38.9 Å². The van der Waals surface area contributed by atoms with E-state index in [9.17, 15) is 0 Å². The van der Waals surface area contributed by atoms with Gasteiger partial charge < -0.3 is 5.32 Å². The molecule has 1 aromatic heterocycles. The molecule has 0 aliphatic rings. The van der Waals surface area contributed by atoms with Crippen molar-refractivity contribution < 1.29 is 0 Å². The van der Waals surface area contributed by atoms with E-state index in [0.717, 1.165) is 26.7 Å². The summed E-state index contributed by atoms with van der Waals surface area (Å²) in [5.74, 6) is 0. The third kappa shape index (κ3) is 3.37. The lowest BCUT2D eigenvalue weighted by molar-refractivity contribution is 0.624. The number of aromatic nitrogens is 1. The average Bonchev–Trinajstić information content (AvgIpc) is 2.67. The first-order chi connectivity index (χ1) is 9.02. The Labute approximate surface area is 131 Å². The molecular weight excluding hydrogens is 344 g/mol. The predicted molar refractivity (Wildman–Crippen MR) is 86.3 cm³/mol. The van der Waals surface area contributed by atoms with Gasteiger partial charge in [-0.2, -0.15) is 0 Å². The number of halogens is 2. The molecule has 0 radical (unpaired) electrons. The van der Waals surface area contributed by atoms with Crippen LogP contribution in [-0.4, -0.2) is 11.5 Å². The zero-order valence-electron chi connectivity index (χ0n) is 11.1. The second kappa shape index (κ2) is 6.35. The molecule has 1 atom stereocenters. The highest BCUT2D eigenvalue weighted by Crippen LogP contribution is 2.33. The molecule has 19 heavy (non-hydrogen) atoms. The summed E-state index contributed by atoms with van der Waals surface area (Å²) in [4.78, 5) is 5.94. The van der Waals surface area contributed by atoms with E-state index in [1.165, 1.54) is 10.4 Å². The van der Waals surface area contributed by atoms with E-state index in [2.05, 4.69) is 47.0 Å². The van der Waals surface area contributed by atoms with Gasteiger partial charge in [0.1, 0.15) is 5.01 Å². The maximum absolute atomic E-state index is 6.01. The van der Waals surface area contributed by atoms with Crippen LogP contribution in [0.3, 0.4) is 0 Å². The van der Waals surface area contributed by atoms with E-state index in [1.807, 2.05) is 18.2 Å². The molecule has 1 N–H and O–H groups in total. The van der Waals surface area contributed by atoms with Gasteiger partial charge in [0.15, 0.2) is 0 Å². The number of nitrogens with one attached hydrogen (secondary N) is 1. The standard InChI is InChI=1S/C14H16BrClN2S/c1-4-17-13(14-18-8(2)9(3)19-14)11-6-5-10(16)7-12(11)15/h5-7,13,17H,4H2,1-3H3. The first-order valence-corrected chi connectivity index (χ1v) is 8.14. The second-order valence-electron chi connectivity index (χ2n) is 4.35. The van der Waals surface area contributed by atoms with Gasteiger partial charge in [0.25, 0.3) is 0 Å². The molecule has 2 rings (SSSR count). The van der Waals surface area contributed by atoms with Crippen LogP contribution in [-0.2, 0) is 0 Å². The molecule has 1 aromatic carbocycles. The summed E-state index contributed by atoms with van der Waals surface area (Å²) in [6.07, 6.45) is 0. The first kappa shape index (κ1) is 15.0. The minimum absolute atomic E-state index is 0.106. The Balaban J connectivity index is 2.44. The maximum Gasteiger partial charge on any atom is 0.115 e. The predicted octanol–water partition coefficient (Wildman–Crippen LogP) is 4.87. The normalized spacial score (nSPS) is 12.7. The van der Waals surface area contributed by atoms with Crippen molar-refractivity contribution in [1.82, 2.24) is 10.3 Å². The quantitative estimate of drug-likeness (QED) is 0.842. The van der Waals surface area contributed by atoms with Gasteiger partial charge >= 0.3 is 0 Å². The number of rotatable bonds is 4. The van der Waals surface area contributed by atoms with Gasteiger partial charge in [0.2, 0.25) is 0 Å². The van der Waals surface area contributed by atoms with Crippen LogP contribution in [0.2, 0.25) is 5.02 Å². The first-order valence-electron chi connectivity index (χ1n) is 6.15. The molecule has 0 amide bonds. The van der Waals surface area contributed by atoms with Crippen molar-refractivity contribution in [2.24, 2.45) is 0 Å². The molecule has 0 aliphatic carbocycles. The summed E-state index contributed by atoms with van der Waals surface area (Å²) < 4.78 is 1.01. The molecule has 0 spiro atoms. The van der Waals surface area contributed by atoms with Crippen molar-refractivity contribution in [1.29, 1.82) is 0 Å². The van der Waals surface area contributed by atoms with Crippen LogP contribution in [0.25, 0.3) is 0 Å². The number of nitrogens with zero attached hydrogens (tertiary/aromatic N) is 1. The van der Waals surface area contributed by atoms with Crippen LogP contribution in [0.5, 0.6) is 0 Å². The van der Waals surface area contributed by atoms with Gasteiger partial charge in [-0.1, -0.05) is 40.5 Å². The molecule has 5 heteroatoms. The van der Waals surface area contributed by atoms with Crippen LogP contribution in [0.4, 0.5) is 0 Å². The Kier molecular flexibility index (Phi) is 5.01. The van der Waals surface area contributed by atoms with Crippen LogP contribution in [0.15, 0.2) is 22.7 Å². The Morgan fingerprint density at radius 3 is 2.68 bits per heavy atom. The van der Waals surface area contributed by atoms with Crippen LogP contribution in [0.1, 0.15) is 34.1 Å². The van der Waals surface area contributed by atoms with E-state index in [1.54, 1.807) is 11.3 Å². The number of aryl methyl sites for hydroxylation is 2. The van der Waals surface area contributed by atoms with Gasteiger partial charge in [0, 0.05) is 14.4 Å². The molecule has 0 bridgehead atoms. The van der Waals surface area contributed by atoms with Gasteiger partial charge in [-0.05, 0) is 38.1 Å². The molecule has 0 aliphatic heterocycles. The fourth-order valence-corrected chi connectivity index (χ4v) is 3.82. The zero-order valence-corrected chi connectivity index (χ0v) is 14.3. The van der Waals surface area contributed by atoms with Crippen molar-refractivity contribution in [2.75, 3.05) is 6.54 Å². The largest absolute Gasteiger partial charge is 0.305 e.